The Labute approximate surface area is 167 Å². The van der Waals surface area contributed by atoms with Gasteiger partial charge in [0.25, 0.3) is 0 Å². The van der Waals surface area contributed by atoms with Gasteiger partial charge in [0.1, 0.15) is 5.60 Å². The summed E-state index contributed by atoms with van der Waals surface area (Å²) in [4.78, 5) is 12.2. The van der Waals surface area contributed by atoms with Gasteiger partial charge in [-0.3, -0.25) is 0 Å². The summed E-state index contributed by atoms with van der Waals surface area (Å²) >= 11 is 0. The average molecular weight is 407 g/mol. The zero-order valence-corrected chi connectivity index (χ0v) is 18.0. The van der Waals surface area contributed by atoms with Crippen LogP contribution in [-0.4, -0.2) is 37.5 Å². The number of rotatable bonds is 5. The van der Waals surface area contributed by atoms with Gasteiger partial charge in [0.05, 0.1) is 4.90 Å². The number of ether oxygens (including phenoxy) is 1. The van der Waals surface area contributed by atoms with Crippen molar-refractivity contribution in [1.29, 1.82) is 0 Å². The molecule has 0 fully saturated rings. The van der Waals surface area contributed by atoms with Crippen LogP contribution < -0.4 is 5.32 Å². The number of fused-ring (bicyclic) bond motifs is 3. The zero-order chi connectivity index (χ0) is 20.5. The maximum Gasteiger partial charge on any atom is 0.407 e. The third-order valence-electron chi connectivity index (χ3n) is 5.00. The lowest BCUT2D eigenvalue weighted by Gasteiger charge is -2.20. The Morgan fingerprint density at radius 2 is 1.93 bits per heavy atom. The number of carbonyl (C=O) groups excluding carboxylic acids is 1. The fourth-order valence-corrected chi connectivity index (χ4v) is 4.49. The summed E-state index contributed by atoms with van der Waals surface area (Å²) in [5.74, 6) is 0. The molecule has 6 nitrogen and oxygen atoms in total. The molecule has 3 rings (SSSR count). The van der Waals surface area contributed by atoms with Crippen LogP contribution in [-0.2, 0) is 34.0 Å². The molecule has 0 unspecified atom stereocenters. The molecule has 1 aliphatic rings. The van der Waals surface area contributed by atoms with E-state index >= 15 is 0 Å². The van der Waals surface area contributed by atoms with Crippen LogP contribution >= 0.6 is 0 Å². The summed E-state index contributed by atoms with van der Waals surface area (Å²) in [6.07, 6.45) is 5.92. The standard InChI is InChI=1S/C21H30N2O4S/c1-21(2,3)27-20(24)22-12-7-13-23-18-9-6-5-8-16(18)17-14-15(28(4,25)26)10-11-19(17)23/h10-11,14H,5-9,12-13H2,1-4H3,(H,22,24). The number of aromatic nitrogens is 1. The molecule has 0 spiro atoms. The summed E-state index contributed by atoms with van der Waals surface area (Å²) in [7, 11) is -3.23. The van der Waals surface area contributed by atoms with Gasteiger partial charge in [-0.1, -0.05) is 0 Å². The van der Waals surface area contributed by atoms with Gasteiger partial charge in [-0.2, -0.15) is 0 Å². The van der Waals surface area contributed by atoms with Gasteiger partial charge in [-0.25, -0.2) is 13.2 Å². The van der Waals surface area contributed by atoms with Crippen LogP contribution in [0.1, 0.15) is 51.3 Å². The van der Waals surface area contributed by atoms with E-state index in [1.54, 1.807) is 6.07 Å². The average Bonchev–Trinajstić information content (AvgIpc) is 2.90. The number of nitrogens with one attached hydrogen (secondary N) is 1. The number of alkyl carbamates (subject to hydrolysis) is 1. The molecule has 1 aromatic carbocycles. The summed E-state index contributed by atoms with van der Waals surface area (Å²) in [5.41, 5.74) is 3.17. The van der Waals surface area contributed by atoms with Crippen molar-refractivity contribution in [2.45, 2.75) is 69.9 Å². The second-order valence-electron chi connectivity index (χ2n) is 8.52. The van der Waals surface area contributed by atoms with Crippen LogP contribution in [0.2, 0.25) is 0 Å². The Kier molecular flexibility index (Phi) is 5.75. The monoisotopic (exact) mass is 406 g/mol. The van der Waals surface area contributed by atoms with Crippen LogP contribution in [0, 0.1) is 0 Å². The molecule has 2 aromatic rings. The van der Waals surface area contributed by atoms with Crippen molar-refractivity contribution in [3.05, 3.63) is 29.5 Å². The van der Waals surface area contributed by atoms with E-state index in [1.807, 2.05) is 32.9 Å². The van der Waals surface area contributed by atoms with Crippen molar-refractivity contribution in [2.75, 3.05) is 12.8 Å². The molecular weight excluding hydrogens is 376 g/mol. The first-order valence-electron chi connectivity index (χ1n) is 9.87. The second kappa shape index (κ2) is 7.78. The van der Waals surface area contributed by atoms with Crippen LogP contribution in [0.5, 0.6) is 0 Å². The van der Waals surface area contributed by atoms with Crippen molar-refractivity contribution in [3.8, 4) is 0 Å². The molecule has 1 N–H and O–H groups in total. The number of benzene rings is 1. The van der Waals surface area contributed by atoms with Crippen molar-refractivity contribution >= 4 is 26.8 Å². The summed E-state index contributed by atoms with van der Waals surface area (Å²) in [6.45, 7) is 6.84. The number of carbonyl (C=O) groups is 1. The van der Waals surface area contributed by atoms with Gasteiger partial charge in [0.2, 0.25) is 0 Å². The maximum absolute atomic E-state index is 12.0. The molecule has 0 saturated heterocycles. The van der Waals surface area contributed by atoms with Crippen molar-refractivity contribution in [1.82, 2.24) is 9.88 Å². The van der Waals surface area contributed by atoms with Crippen molar-refractivity contribution < 1.29 is 17.9 Å². The van der Waals surface area contributed by atoms with Crippen molar-refractivity contribution in [3.63, 3.8) is 0 Å². The summed E-state index contributed by atoms with van der Waals surface area (Å²) in [5, 5.41) is 3.86. The van der Waals surface area contributed by atoms with Gasteiger partial charge in [-0.05, 0) is 76.6 Å². The summed E-state index contributed by atoms with van der Waals surface area (Å²) in [6, 6.07) is 5.44. The van der Waals surface area contributed by atoms with Crippen molar-refractivity contribution in [2.24, 2.45) is 0 Å². The Hall–Kier alpha value is -2.02. The van der Waals surface area contributed by atoms with Crippen LogP contribution in [0.25, 0.3) is 10.9 Å². The highest BCUT2D eigenvalue weighted by atomic mass is 32.2. The Bertz CT molecular complexity index is 984. The molecular formula is C21H30N2O4S. The lowest BCUT2D eigenvalue weighted by Crippen LogP contribution is -2.33. The quantitative estimate of drug-likeness (QED) is 0.766. The highest BCUT2D eigenvalue weighted by Crippen LogP contribution is 2.33. The topological polar surface area (TPSA) is 77.4 Å². The molecule has 0 aliphatic heterocycles. The molecule has 0 radical (unpaired) electrons. The number of hydrogen-bond donors (Lipinski definition) is 1. The lowest BCUT2D eigenvalue weighted by molar-refractivity contribution is 0.0526. The third-order valence-corrected chi connectivity index (χ3v) is 6.11. The van der Waals surface area contributed by atoms with Gasteiger partial charge in [0, 0.05) is 35.9 Å². The molecule has 1 aliphatic carbocycles. The molecule has 28 heavy (non-hydrogen) atoms. The minimum atomic E-state index is -3.23. The Morgan fingerprint density at radius 3 is 2.61 bits per heavy atom. The fourth-order valence-electron chi connectivity index (χ4n) is 3.84. The first-order valence-corrected chi connectivity index (χ1v) is 11.8. The highest BCUT2D eigenvalue weighted by molar-refractivity contribution is 7.90. The van der Waals surface area contributed by atoms with E-state index in [-0.39, 0.29) is 0 Å². The van der Waals surface area contributed by atoms with Gasteiger partial charge >= 0.3 is 6.09 Å². The molecule has 7 heteroatoms. The largest absolute Gasteiger partial charge is 0.444 e. The van der Waals surface area contributed by atoms with E-state index in [0.717, 1.165) is 49.6 Å². The highest BCUT2D eigenvalue weighted by Gasteiger charge is 2.21. The fraction of sp³-hybridized carbons (Fsp3) is 0.571. The molecule has 0 atom stereocenters. The van der Waals surface area contributed by atoms with Crippen LogP contribution in [0.4, 0.5) is 4.79 Å². The predicted octanol–water partition coefficient (Wildman–Crippen LogP) is 3.84. The number of nitrogens with zero attached hydrogens (tertiary/aromatic N) is 1. The minimum Gasteiger partial charge on any atom is -0.444 e. The Morgan fingerprint density at radius 1 is 1.21 bits per heavy atom. The molecule has 1 aromatic heterocycles. The first kappa shape index (κ1) is 20.7. The summed E-state index contributed by atoms with van der Waals surface area (Å²) < 4.78 is 31.5. The van der Waals surface area contributed by atoms with E-state index in [2.05, 4.69) is 9.88 Å². The van der Waals surface area contributed by atoms with Gasteiger partial charge < -0.3 is 14.6 Å². The van der Waals surface area contributed by atoms with E-state index in [1.165, 1.54) is 17.5 Å². The minimum absolute atomic E-state index is 0.372. The lowest BCUT2D eigenvalue weighted by atomic mass is 9.95. The molecule has 0 bridgehead atoms. The molecule has 0 saturated carbocycles. The Balaban J connectivity index is 1.78. The number of hydrogen-bond acceptors (Lipinski definition) is 4. The number of aryl methyl sites for hydroxylation is 2. The van der Waals surface area contributed by atoms with E-state index in [0.29, 0.717) is 11.4 Å². The van der Waals surface area contributed by atoms with E-state index in [4.69, 9.17) is 4.74 Å². The normalized spacial score (nSPS) is 14.7. The van der Waals surface area contributed by atoms with Gasteiger partial charge in [-0.15, -0.1) is 0 Å². The van der Waals surface area contributed by atoms with Gasteiger partial charge in [0.15, 0.2) is 9.84 Å². The molecule has 1 amide bonds. The number of sulfone groups is 1. The maximum atomic E-state index is 12.0. The smallest absolute Gasteiger partial charge is 0.407 e. The molecule has 1 heterocycles. The predicted molar refractivity (Wildman–Crippen MR) is 111 cm³/mol. The van der Waals surface area contributed by atoms with Crippen LogP contribution in [0.3, 0.4) is 0 Å². The zero-order valence-electron chi connectivity index (χ0n) is 17.2. The SMILES string of the molecule is CC(C)(C)OC(=O)NCCCn1c2c(c3cc(S(C)(=O)=O)ccc31)CCCC2. The third kappa shape index (κ3) is 4.69. The molecule has 154 valence electrons. The first-order chi connectivity index (χ1) is 13.1. The van der Waals surface area contributed by atoms with Crippen LogP contribution in [0.15, 0.2) is 23.1 Å². The van der Waals surface area contributed by atoms with E-state index < -0.39 is 21.5 Å². The number of amides is 1. The second-order valence-corrected chi connectivity index (χ2v) is 10.5. The van der Waals surface area contributed by atoms with E-state index in [9.17, 15) is 13.2 Å².